The van der Waals surface area contributed by atoms with Gasteiger partial charge in [-0.05, 0) is 43.7 Å². The maximum atomic E-state index is 8.93. The minimum Gasteiger partial charge on any atom is -0.327 e. The van der Waals surface area contributed by atoms with Crippen LogP contribution in [-0.2, 0) is 0 Å². The zero-order valence-electron chi connectivity index (χ0n) is 10.6. The number of pyridine rings is 1. The number of benzene rings is 1. The molecule has 3 heteroatoms. The second-order valence-corrected chi connectivity index (χ2v) is 4.10. The average Bonchev–Trinajstić information content (AvgIpc) is 2.40. The summed E-state index contributed by atoms with van der Waals surface area (Å²) in [6.45, 7) is 4.95. The van der Waals surface area contributed by atoms with Crippen molar-refractivity contribution >= 4 is 11.5 Å². The van der Waals surface area contributed by atoms with Gasteiger partial charge in [0.1, 0.15) is 5.82 Å². The SMILES string of the molecule is CCN(c1cccc(C)c1)c1cc(C#N)ccn1. The van der Waals surface area contributed by atoms with Crippen LogP contribution in [-0.4, -0.2) is 11.5 Å². The summed E-state index contributed by atoms with van der Waals surface area (Å²) >= 11 is 0. The first kappa shape index (κ1) is 12.1. The van der Waals surface area contributed by atoms with Crippen LogP contribution in [0.25, 0.3) is 0 Å². The fraction of sp³-hybridized carbons (Fsp3) is 0.200. The van der Waals surface area contributed by atoms with E-state index in [0.29, 0.717) is 5.56 Å². The van der Waals surface area contributed by atoms with Crippen molar-refractivity contribution in [2.24, 2.45) is 0 Å². The highest BCUT2D eigenvalue weighted by atomic mass is 15.2. The fourth-order valence-corrected chi connectivity index (χ4v) is 1.91. The molecule has 1 aromatic carbocycles. The summed E-state index contributed by atoms with van der Waals surface area (Å²) in [6, 6.07) is 13.9. The normalized spacial score (nSPS) is 9.83. The smallest absolute Gasteiger partial charge is 0.134 e. The molecule has 0 aliphatic rings. The van der Waals surface area contributed by atoms with Crippen molar-refractivity contribution in [3.63, 3.8) is 0 Å². The molecule has 1 aromatic heterocycles. The summed E-state index contributed by atoms with van der Waals surface area (Å²) < 4.78 is 0. The van der Waals surface area contributed by atoms with Crippen LogP contribution in [0.4, 0.5) is 11.5 Å². The third-order valence-corrected chi connectivity index (χ3v) is 2.78. The van der Waals surface area contributed by atoms with E-state index in [1.165, 1.54) is 5.56 Å². The molecule has 0 spiro atoms. The number of nitrogens with zero attached hydrogens (tertiary/aromatic N) is 3. The number of hydrogen-bond donors (Lipinski definition) is 0. The molecule has 3 nitrogen and oxygen atoms in total. The third-order valence-electron chi connectivity index (χ3n) is 2.78. The first-order valence-electron chi connectivity index (χ1n) is 5.95. The topological polar surface area (TPSA) is 39.9 Å². The van der Waals surface area contributed by atoms with Crippen molar-refractivity contribution in [1.82, 2.24) is 4.98 Å². The van der Waals surface area contributed by atoms with Gasteiger partial charge in [-0.25, -0.2) is 4.98 Å². The monoisotopic (exact) mass is 237 g/mol. The lowest BCUT2D eigenvalue weighted by Crippen LogP contribution is -2.17. The molecule has 0 fully saturated rings. The van der Waals surface area contributed by atoms with Gasteiger partial charge in [-0.15, -0.1) is 0 Å². The van der Waals surface area contributed by atoms with Crippen LogP contribution in [0.2, 0.25) is 0 Å². The van der Waals surface area contributed by atoms with Crippen LogP contribution in [0.5, 0.6) is 0 Å². The molecular formula is C15H15N3. The molecule has 0 unspecified atom stereocenters. The van der Waals surface area contributed by atoms with Gasteiger partial charge in [0.15, 0.2) is 0 Å². The van der Waals surface area contributed by atoms with E-state index in [1.54, 1.807) is 12.3 Å². The van der Waals surface area contributed by atoms with E-state index < -0.39 is 0 Å². The molecule has 90 valence electrons. The molecule has 0 radical (unpaired) electrons. The van der Waals surface area contributed by atoms with Crippen LogP contribution in [0.15, 0.2) is 42.6 Å². The van der Waals surface area contributed by atoms with Gasteiger partial charge in [0.05, 0.1) is 11.6 Å². The van der Waals surface area contributed by atoms with Gasteiger partial charge in [-0.2, -0.15) is 5.26 Å². The molecule has 2 rings (SSSR count). The maximum absolute atomic E-state index is 8.93. The highest BCUT2D eigenvalue weighted by Crippen LogP contribution is 2.24. The van der Waals surface area contributed by atoms with Crippen molar-refractivity contribution in [1.29, 1.82) is 5.26 Å². The van der Waals surface area contributed by atoms with E-state index in [9.17, 15) is 0 Å². The van der Waals surface area contributed by atoms with Crippen LogP contribution in [0.1, 0.15) is 18.1 Å². The molecule has 0 aliphatic carbocycles. The van der Waals surface area contributed by atoms with Crippen molar-refractivity contribution in [3.8, 4) is 6.07 Å². The predicted octanol–water partition coefficient (Wildman–Crippen LogP) is 3.42. The Balaban J connectivity index is 2.42. The van der Waals surface area contributed by atoms with Crippen molar-refractivity contribution < 1.29 is 0 Å². The third kappa shape index (κ3) is 2.49. The molecule has 2 aromatic rings. The van der Waals surface area contributed by atoms with Crippen molar-refractivity contribution in [2.45, 2.75) is 13.8 Å². The highest BCUT2D eigenvalue weighted by molar-refractivity contribution is 5.61. The lowest BCUT2D eigenvalue weighted by molar-refractivity contribution is 0.987. The molecule has 0 N–H and O–H groups in total. The summed E-state index contributed by atoms with van der Waals surface area (Å²) in [5.41, 5.74) is 2.94. The lowest BCUT2D eigenvalue weighted by atomic mass is 10.2. The number of aromatic nitrogens is 1. The van der Waals surface area contributed by atoms with Gasteiger partial charge in [0.2, 0.25) is 0 Å². The Morgan fingerprint density at radius 2 is 2.11 bits per heavy atom. The minimum atomic E-state index is 0.631. The van der Waals surface area contributed by atoms with E-state index in [-0.39, 0.29) is 0 Å². The summed E-state index contributed by atoms with van der Waals surface area (Å²) in [6.07, 6.45) is 1.67. The second kappa shape index (κ2) is 5.33. The summed E-state index contributed by atoms with van der Waals surface area (Å²) in [4.78, 5) is 6.43. The molecule has 1 heterocycles. The number of anilines is 2. The summed E-state index contributed by atoms with van der Waals surface area (Å²) in [5, 5.41) is 8.93. The van der Waals surface area contributed by atoms with Crippen LogP contribution in [0.3, 0.4) is 0 Å². The van der Waals surface area contributed by atoms with Crippen LogP contribution >= 0.6 is 0 Å². The Morgan fingerprint density at radius 3 is 2.78 bits per heavy atom. The molecule has 0 aliphatic heterocycles. The van der Waals surface area contributed by atoms with Gasteiger partial charge < -0.3 is 4.90 Å². The molecule has 0 amide bonds. The second-order valence-electron chi connectivity index (χ2n) is 4.10. The van der Waals surface area contributed by atoms with Gasteiger partial charge in [0, 0.05) is 18.4 Å². The van der Waals surface area contributed by atoms with Crippen LogP contribution in [0, 0.1) is 18.3 Å². The van der Waals surface area contributed by atoms with E-state index in [1.807, 2.05) is 12.1 Å². The predicted molar refractivity (Wildman–Crippen MR) is 72.8 cm³/mol. The number of rotatable bonds is 3. The first-order chi connectivity index (χ1) is 8.74. The maximum Gasteiger partial charge on any atom is 0.134 e. The standard InChI is InChI=1S/C15H15N3/c1-3-18(14-6-4-5-12(2)9-14)15-10-13(11-16)7-8-17-15/h4-10H,3H2,1-2H3. The van der Waals surface area contributed by atoms with Crippen molar-refractivity contribution in [2.75, 3.05) is 11.4 Å². The molecule has 18 heavy (non-hydrogen) atoms. The number of hydrogen-bond acceptors (Lipinski definition) is 3. The van der Waals surface area contributed by atoms with Gasteiger partial charge in [-0.1, -0.05) is 12.1 Å². The molecule has 0 bridgehead atoms. The van der Waals surface area contributed by atoms with Gasteiger partial charge in [0.25, 0.3) is 0 Å². The largest absolute Gasteiger partial charge is 0.327 e. The molecule has 0 atom stereocenters. The summed E-state index contributed by atoms with van der Waals surface area (Å²) in [7, 11) is 0. The van der Waals surface area contributed by atoms with E-state index in [0.717, 1.165) is 18.1 Å². The van der Waals surface area contributed by atoms with Gasteiger partial charge in [-0.3, -0.25) is 0 Å². The Kier molecular flexibility index (Phi) is 3.59. The Hall–Kier alpha value is -2.34. The minimum absolute atomic E-state index is 0.631. The Labute approximate surface area is 107 Å². The van der Waals surface area contributed by atoms with E-state index >= 15 is 0 Å². The molecule has 0 saturated carbocycles. The highest BCUT2D eigenvalue weighted by Gasteiger charge is 2.09. The Morgan fingerprint density at radius 1 is 1.28 bits per heavy atom. The Bertz CT molecular complexity index is 584. The molecular weight excluding hydrogens is 222 g/mol. The van der Waals surface area contributed by atoms with E-state index in [4.69, 9.17) is 5.26 Å². The zero-order chi connectivity index (χ0) is 13.0. The summed E-state index contributed by atoms with van der Waals surface area (Å²) in [5.74, 6) is 0.808. The number of aryl methyl sites for hydroxylation is 1. The average molecular weight is 237 g/mol. The lowest BCUT2D eigenvalue weighted by Gasteiger charge is -2.22. The van der Waals surface area contributed by atoms with Crippen LogP contribution < -0.4 is 4.90 Å². The zero-order valence-corrected chi connectivity index (χ0v) is 10.6. The fourth-order valence-electron chi connectivity index (χ4n) is 1.91. The van der Waals surface area contributed by atoms with E-state index in [2.05, 4.69) is 48.0 Å². The molecule has 0 saturated heterocycles. The number of nitriles is 1. The van der Waals surface area contributed by atoms with Crippen molar-refractivity contribution in [3.05, 3.63) is 53.7 Å². The van der Waals surface area contributed by atoms with Gasteiger partial charge >= 0.3 is 0 Å². The first-order valence-corrected chi connectivity index (χ1v) is 5.95. The quantitative estimate of drug-likeness (QED) is 0.821.